The van der Waals surface area contributed by atoms with Gasteiger partial charge in [-0.2, -0.15) is 5.10 Å². The van der Waals surface area contributed by atoms with Gasteiger partial charge in [-0.05, 0) is 20.4 Å². The molecule has 1 unspecified atom stereocenters. The number of hydrogen-bond donors (Lipinski definition) is 2. The summed E-state index contributed by atoms with van der Waals surface area (Å²) in [5.74, 6) is 2.65. The molecule has 0 radical (unpaired) electrons. The van der Waals surface area contributed by atoms with E-state index in [-0.39, 0.29) is 0 Å². The standard InChI is InChI=1S/C17H33N7O2/c1-5-18-17(19-8-9-23(2)10-11-25-3)20-14-6-7-16-21-15(13-26-4)22-24(16)12-14/h14H,5-13H2,1-4H3,(H2,18,19,20). The first-order valence-corrected chi connectivity index (χ1v) is 9.30. The number of nitrogens with zero attached hydrogens (tertiary/aromatic N) is 5. The number of fused-ring (bicyclic) bond motifs is 1. The monoisotopic (exact) mass is 367 g/mol. The first-order chi connectivity index (χ1) is 12.7. The zero-order valence-corrected chi connectivity index (χ0v) is 16.5. The molecular formula is C17H33N7O2. The highest BCUT2D eigenvalue weighted by atomic mass is 16.5. The quantitative estimate of drug-likeness (QED) is 0.440. The van der Waals surface area contributed by atoms with Crippen LogP contribution in [0.5, 0.6) is 0 Å². The lowest BCUT2D eigenvalue weighted by Gasteiger charge is -2.25. The molecule has 0 saturated heterocycles. The van der Waals surface area contributed by atoms with Crippen molar-refractivity contribution < 1.29 is 9.47 Å². The van der Waals surface area contributed by atoms with Gasteiger partial charge >= 0.3 is 0 Å². The van der Waals surface area contributed by atoms with Crippen molar-refractivity contribution in [2.75, 3.05) is 54.1 Å². The Labute approximate surface area is 156 Å². The maximum absolute atomic E-state index is 5.12. The molecule has 0 fully saturated rings. The zero-order chi connectivity index (χ0) is 18.8. The SMILES string of the molecule is CCNC(=NCCN(C)CCOC)NC1CCc2nc(COC)nn2C1. The van der Waals surface area contributed by atoms with Gasteiger partial charge in [-0.1, -0.05) is 0 Å². The Morgan fingerprint density at radius 1 is 1.35 bits per heavy atom. The molecule has 2 rings (SSSR count). The van der Waals surface area contributed by atoms with Crippen LogP contribution in [-0.2, 0) is 29.0 Å². The summed E-state index contributed by atoms with van der Waals surface area (Å²) in [6.07, 6.45) is 1.93. The maximum atomic E-state index is 5.12. The van der Waals surface area contributed by atoms with Gasteiger partial charge in [0.25, 0.3) is 0 Å². The number of nitrogens with one attached hydrogen (secondary N) is 2. The van der Waals surface area contributed by atoms with E-state index >= 15 is 0 Å². The Balaban J connectivity index is 1.85. The highest BCUT2D eigenvalue weighted by molar-refractivity contribution is 5.80. The highest BCUT2D eigenvalue weighted by Gasteiger charge is 2.22. The third-order valence-corrected chi connectivity index (χ3v) is 4.29. The van der Waals surface area contributed by atoms with Crippen LogP contribution in [0.4, 0.5) is 0 Å². The number of aliphatic imine (C=N–C) groups is 1. The second-order valence-corrected chi connectivity index (χ2v) is 6.50. The van der Waals surface area contributed by atoms with Gasteiger partial charge in [0.2, 0.25) is 0 Å². The fraction of sp³-hybridized carbons (Fsp3) is 0.824. The molecular weight excluding hydrogens is 334 g/mol. The van der Waals surface area contributed by atoms with Gasteiger partial charge in [0.05, 0.1) is 19.7 Å². The molecule has 2 N–H and O–H groups in total. The zero-order valence-electron chi connectivity index (χ0n) is 16.5. The van der Waals surface area contributed by atoms with Gasteiger partial charge in [-0.25, -0.2) is 9.67 Å². The second kappa shape index (κ2) is 11.1. The summed E-state index contributed by atoms with van der Waals surface area (Å²) in [4.78, 5) is 11.4. The predicted molar refractivity (Wildman–Crippen MR) is 101 cm³/mol. The summed E-state index contributed by atoms with van der Waals surface area (Å²) in [6, 6.07) is 0.295. The van der Waals surface area contributed by atoms with E-state index in [9.17, 15) is 0 Å². The molecule has 148 valence electrons. The number of hydrogen-bond acceptors (Lipinski definition) is 6. The van der Waals surface area contributed by atoms with E-state index in [4.69, 9.17) is 14.5 Å². The van der Waals surface area contributed by atoms with Crippen molar-refractivity contribution in [3.05, 3.63) is 11.6 Å². The van der Waals surface area contributed by atoms with Crippen molar-refractivity contribution in [1.82, 2.24) is 30.3 Å². The molecule has 26 heavy (non-hydrogen) atoms. The molecule has 9 nitrogen and oxygen atoms in total. The minimum Gasteiger partial charge on any atom is -0.383 e. The van der Waals surface area contributed by atoms with Crippen LogP contribution in [0.2, 0.25) is 0 Å². The molecule has 1 aromatic heterocycles. The number of guanidine groups is 1. The lowest BCUT2D eigenvalue weighted by Crippen LogP contribution is -2.47. The summed E-state index contributed by atoms with van der Waals surface area (Å²) >= 11 is 0. The van der Waals surface area contributed by atoms with Crippen LogP contribution >= 0.6 is 0 Å². The van der Waals surface area contributed by atoms with Gasteiger partial charge in [-0.3, -0.25) is 4.99 Å². The van der Waals surface area contributed by atoms with Crippen LogP contribution in [0, 0.1) is 0 Å². The van der Waals surface area contributed by atoms with Crippen molar-refractivity contribution in [2.24, 2.45) is 4.99 Å². The van der Waals surface area contributed by atoms with E-state index in [0.29, 0.717) is 12.6 Å². The number of rotatable bonds is 10. The Morgan fingerprint density at radius 3 is 2.92 bits per heavy atom. The van der Waals surface area contributed by atoms with Gasteiger partial charge in [0, 0.05) is 46.3 Å². The molecule has 0 aliphatic carbocycles. The molecule has 1 atom stereocenters. The van der Waals surface area contributed by atoms with E-state index in [1.54, 1.807) is 14.2 Å². The fourth-order valence-corrected chi connectivity index (χ4v) is 2.87. The fourth-order valence-electron chi connectivity index (χ4n) is 2.87. The van der Waals surface area contributed by atoms with Crippen LogP contribution in [0.15, 0.2) is 4.99 Å². The van der Waals surface area contributed by atoms with Crippen molar-refractivity contribution in [1.29, 1.82) is 0 Å². The van der Waals surface area contributed by atoms with Crippen molar-refractivity contribution >= 4 is 5.96 Å². The van der Waals surface area contributed by atoms with E-state index in [2.05, 4.69) is 39.6 Å². The molecule has 1 aliphatic heterocycles. The van der Waals surface area contributed by atoms with E-state index in [1.807, 2.05) is 4.68 Å². The Hall–Kier alpha value is -1.71. The van der Waals surface area contributed by atoms with Gasteiger partial charge in [-0.15, -0.1) is 0 Å². The lowest BCUT2D eigenvalue weighted by atomic mass is 10.1. The van der Waals surface area contributed by atoms with Crippen LogP contribution in [0.3, 0.4) is 0 Å². The first kappa shape index (κ1) is 20.6. The minimum absolute atomic E-state index is 0.295. The molecule has 0 amide bonds. The van der Waals surface area contributed by atoms with Crippen LogP contribution in [0.25, 0.3) is 0 Å². The molecule has 0 saturated carbocycles. The number of aryl methyl sites for hydroxylation is 1. The summed E-state index contributed by atoms with van der Waals surface area (Å²) in [5, 5.41) is 11.4. The van der Waals surface area contributed by atoms with Crippen molar-refractivity contribution in [2.45, 2.75) is 39.0 Å². The summed E-state index contributed by atoms with van der Waals surface area (Å²) in [6.45, 7) is 7.47. The van der Waals surface area contributed by atoms with Gasteiger partial charge in [0.15, 0.2) is 11.8 Å². The second-order valence-electron chi connectivity index (χ2n) is 6.50. The van der Waals surface area contributed by atoms with Gasteiger partial charge in [0.1, 0.15) is 12.4 Å². The average Bonchev–Trinajstić information content (AvgIpc) is 3.02. The molecule has 9 heteroatoms. The van der Waals surface area contributed by atoms with Crippen LogP contribution in [-0.4, -0.2) is 85.7 Å². The molecule has 2 heterocycles. The topological polar surface area (TPSA) is 88.8 Å². The number of ether oxygens (including phenoxy) is 2. The van der Waals surface area contributed by atoms with E-state index in [1.165, 1.54) is 0 Å². The Kier molecular flexibility index (Phi) is 8.79. The highest BCUT2D eigenvalue weighted by Crippen LogP contribution is 2.13. The van der Waals surface area contributed by atoms with E-state index < -0.39 is 0 Å². The predicted octanol–water partition coefficient (Wildman–Crippen LogP) is -0.127. The minimum atomic E-state index is 0.295. The smallest absolute Gasteiger partial charge is 0.191 e. The normalized spacial score (nSPS) is 17.4. The van der Waals surface area contributed by atoms with Crippen LogP contribution < -0.4 is 10.6 Å². The average molecular weight is 367 g/mol. The molecule has 0 spiro atoms. The van der Waals surface area contributed by atoms with Gasteiger partial charge < -0.3 is 25.0 Å². The summed E-state index contributed by atoms with van der Waals surface area (Å²) < 4.78 is 12.2. The van der Waals surface area contributed by atoms with Crippen LogP contribution in [0.1, 0.15) is 25.0 Å². The van der Waals surface area contributed by atoms with Crippen molar-refractivity contribution in [3.8, 4) is 0 Å². The summed E-state index contributed by atoms with van der Waals surface area (Å²) in [5.41, 5.74) is 0. The maximum Gasteiger partial charge on any atom is 0.191 e. The Morgan fingerprint density at radius 2 is 2.19 bits per heavy atom. The number of aromatic nitrogens is 3. The van der Waals surface area contributed by atoms with E-state index in [0.717, 1.165) is 69.8 Å². The first-order valence-electron chi connectivity index (χ1n) is 9.30. The summed E-state index contributed by atoms with van der Waals surface area (Å²) in [7, 11) is 5.47. The molecule has 1 aromatic rings. The number of likely N-dealkylation sites (N-methyl/N-ethyl adjacent to an activating group) is 1. The molecule has 1 aliphatic rings. The van der Waals surface area contributed by atoms with Crippen molar-refractivity contribution in [3.63, 3.8) is 0 Å². The third kappa shape index (κ3) is 6.54. The molecule has 0 bridgehead atoms. The Bertz CT molecular complexity index is 561. The largest absolute Gasteiger partial charge is 0.383 e. The molecule has 0 aromatic carbocycles. The number of methoxy groups -OCH3 is 2. The lowest BCUT2D eigenvalue weighted by molar-refractivity contribution is 0.163. The third-order valence-electron chi connectivity index (χ3n) is 4.29.